The molecule has 0 aliphatic rings. The van der Waals surface area contributed by atoms with Gasteiger partial charge in [-0.1, -0.05) is 6.07 Å². The Kier molecular flexibility index (Phi) is 4.88. The third kappa shape index (κ3) is 3.69. The van der Waals surface area contributed by atoms with E-state index in [0.29, 0.717) is 5.76 Å². The van der Waals surface area contributed by atoms with Crippen LogP contribution >= 0.6 is 0 Å². The van der Waals surface area contributed by atoms with E-state index in [1.165, 1.54) is 13.2 Å². The van der Waals surface area contributed by atoms with Gasteiger partial charge in [-0.3, -0.25) is 4.79 Å². The van der Waals surface area contributed by atoms with Crippen molar-refractivity contribution in [3.63, 3.8) is 0 Å². The predicted octanol–water partition coefficient (Wildman–Crippen LogP) is 2.42. The molecule has 0 unspecified atom stereocenters. The van der Waals surface area contributed by atoms with Gasteiger partial charge in [0.1, 0.15) is 23.0 Å². The van der Waals surface area contributed by atoms with Gasteiger partial charge >= 0.3 is 5.97 Å². The molecule has 22 heavy (non-hydrogen) atoms. The molecule has 0 radical (unpaired) electrons. The molecule has 1 N–H and O–H groups in total. The summed E-state index contributed by atoms with van der Waals surface area (Å²) in [5.74, 6) is -3.42. The average molecular weight is 309 g/mol. The Bertz CT molecular complexity index is 650. The smallest absolute Gasteiger partial charge is 0.344 e. The molecule has 2 aromatic rings. The third-order valence-corrected chi connectivity index (χ3v) is 2.84. The van der Waals surface area contributed by atoms with E-state index in [9.17, 15) is 18.4 Å². The summed E-state index contributed by atoms with van der Waals surface area (Å²) in [6, 6.07) is 6.31. The fourth-order valence-electron chi connectivity index (χ4n) is 1.70. The summed E-state index contributed by atoms with van der Waals surface area (Å²) in [6.07, 6.45) is 0.243. The molecule has 0 fully saturated rings. The molecule has 1 heterocycles. The number of furan rings is 1. The maximum Gasteiger partial charge on any atom is 0.344 e. The molecule has 1 aromatic carbocycles. The number of benzene rings is 1. The molecule has 1 amide bonds. The number of ether oxygens (including phenoxy) is 1. The Morgan fingerprint density at radius 3 is 2.50 bits per heavy atom. The van der Waals surface area contributed by atoms with Crippen molar-refractivity contribution in [2.45, 2.75) is 19.6 Å². The average Bonchev–Trinajstić information content (AvgIpc) is 2.97. The van der Waals surface area contributed by atoms with E-state index in [2.05, 4.69) is 5.32 Å². The predicted molar refractivity (Wildman–Crippen MR) is 71.8 cm³/mol. The van der Waals surface area contributed by atoms with E-state index < -0.39 is 35.2 Å². The third-order valence-electron chi connectivity index (χ3n) is 2.84. The summed E-state index contributed by atoms with van der Waals surface area (Å²) in [6.45, 7) is 1.41. The normalized spacial score (nSPS) is 11.8. The van der Waals surface area contributed by atoms with Crippen molar-refractivity contribution >= 4 is 11.9 Å². The Hall–Kier alpha value is -2.70. The first kappa shape index (κ1) is 15.7. The number of carbonyl (C=O) groups is 2. The number of nitrogens with one attached hydrogen (secondary N) is 1. The van der Waals surface area contributed by atoms with Crippen LogP contribution in [0.2, 0.25) is 0 Å². The van der Waals surface area contributed by atoms with Gasteiger partial charge in [-0.05, 0) is 31.2 Å². The molecule has 5 nitrogen and oxygen atoms in total. The van der Waals surface area contributed by atoms with Crippen molar-refractivity contribution < 1.29 is 27.5 Å². The quantitative estimate of drug-likeness (QED) is 0.861. The van der Waals surface area contributed by atoms with Crippen LogP contribution < -0.4 is 5.32 Å². The van der Waals surface area contributed by atoms with Gasteiger partial charge in [-0.2, -0.15) is 0 Å². The maximum atomic E-state index is 13.4. The van der Waals surface area contributed by atoms with Crippen LogP contribution in [0.4, 0.5) is 8.78 Å². The molecule has 0 saturated heterocycles. The topological polar surface area (TPSA) is 68.5 Å². The van der Waals surface area contributed by atoms with Crippen LogP contribution in [0.25, 0.3) is 0 Å². The van der Waals surface area contributed by atoms with Crippen LogP contribution in [0.3, 0.4) is 0 Å². The van der Waals surface area contributed by atoms with Crippen molar-refractivity contribution in [2.75, 3.05) is 0 Å². The van der Waals surface area contributed by atoms with Gasteiger partial charge in [0, 0.05) is 0 Å². The molecule has 0 saturated carbocycles. The Balaban J connectivity index is 1.94. The van der Waals surface area contributed by atoms with Crippen LogP contribution in [-0.2, 0) is 16.1 Å². The van der Waals surface area contributed by atoms with E-state index in [0.717, 1.165) is 18.2 Å². The Morgan fingerprint density at radius 2 is 1.91 bits per heavy atom. The number of esters is 1. The van der Waals surface area contributed by atoms with Crippen molar-refractivity contribution in [3.05, 3.63) is 59.6 Å². The summed E-state index contributed by atoms with van der Waals surface area (Å²) in [5.41, 5.74) is -0.826. The SMILES string of the molecule is C[C@@H](OC(=O)c1c(F)cccc1F)C(=O)NCc1ccco1. The van der Waals surface area contributed by atoms with Crippen molar-refractivity contribution in [1.29, 1.82) is 0 Å². The monoisotopic (exact) mass is 309 g/mol. The van der Waals surface area contributed by atoms with Gasteiger partial charge in [0.2, 0.25) is 0 Å². The van der Waals surface area contributed by atoms with Crippen molar-refractivity contribution in [2.24, 2.45) is 0 Å². The lowest BCUT2D eigenvalue weighted by molar-refractivity contribution is -0.129. The summed E-state index contributed by atoms with van der Waals surface area (Å²) >= 11 is 0. The fourth-order valence-corrected chi connectivity index (χ4v) is 1.70. The molecule has 1 atom stereocenters. The van der Waals surface area contributed by atoms with Crippen LogP contribution in [0.15, 0.2) is 41.0 Å². The van der Waals surface area contributed by atoms with E-state index in [1.54, 1.807) is 12.1 Å². The molecule has 2 rings (SSSR count). The number of hydrogen-bond donors (Lipinski definition) is 1. The molecular formula is C15H13F2NO4. The van der Waals surface area contributed by atoms with E-state index in [1.807, 2.05) is 0 Å². The molecule has 0 spiro atoms. The largest absolute Gasteiger partial charge is 0.467 e. The number of halogens is 2. The van der Waals surface area contributed by atoms with E-state index in [4.69, 9.17) is 9.15 Å². The van der Waals surface area contributed by atoms with Crippen molar-refractivity contribution in [3.8, 4) is 0 Å². The highest BCUT2D eigenvalue weighted by atomic mass is 19.1. The summed E-state index contributed by atoms with van der Waals surface area (Å²) in [5, 5.41) is 2.47. The second-order valence-corrected chi connectivity index (χ2v) is 4.44. The lowest BCUT2D eigenvalue weighted by atomic mass is 10.2. The van der Waals surface area contributed by atoms with Crippen molar-refractivity contribution in [1.82, 2.24) is 5.32 Å². The van der Waals surface area contributed by atoms with Crippen LogP contribution in [0, 0.1) is 11.6 Å². The van der Waals surface area contributed by atoms with Gasteiger partial charge < -0.3 is 14.5 Å². The minimum Gasteiger partial charge on any atom is -0.467 e. The molecular weight excluding hydrogens is 296 g/mol. The van der Waals surface area contributed by atoms with Gasteiger partial charge in [0.05, 0.1) is 12.8 Å². The molecule has 116 valence electrons. The van der Waals surface area contributed by atoms with Crippen LogP contribution in [0.1, 0.15) is 23.0 Å². The second-order valence-electron chi connectivity index (χ2n) is 4.44. The van der Waals surface area contributed by atoms with E-state index >= 15 is 0 Å². The standard InChI is InChI=1S/C15H13F2NO4/c1-9(14(19)18-8-10-4-3-7-21-10)22-15(20)13-11(16)5-2-6-12(13)17/h2-7,9H,8H2,1H3,(H,18,19)/t9-/m1/s1. The highest BCUT2D eigenvalue weighted by Gasteiger charge is 2.23. The first-order chi connectivity index (χ1) is 10.5. The van der Waals surface area contributed by atoms with Gasteiger partial charge in [0.15, 0.2) is 6.10 Å². The maximum absolute atomic E-state index is 13.4. The van der Waals surface area contributed by atoms with Crippen LogP contribution in [0.5, 0.6) is 0 Å². The molecule has 0 aliphatic carbocycles. The first-order valence-corrected chi connectivity index (χ1v) is 6.44. The lowest BCUT2D eigenvalue weighted by Gasteiger charge is -2.13. The summed E-state index contributed by atoms with van der Waals surface area (Å²) in [7, 11) is 0. The Morgan fingerprint density at radius 1 is 1.23 bits per heavy atom. The fraction of sp³-hybridized carbons (Fsp3) is 0.200. The molecule has 0 bridgehead atoms. The minimum atomic E-state index is -1.24. The first-order valence-electron chi connectivity index (χ1n) is 6.44. The number of rotatable bonds is 5. The summed E-state index contributed by atoms with van der Waals surface area (Å²) in [4.78, 5) is 23.5. The minimum absolute atomic E-state index is 0.113. The highest BCUT2D eigenvalue weighted by molar-refractivity contribution is 5.92. The lowest BCUT2D eigenvalue weighted by Crippen LogP contribution is -2.35. The summed E-state index contributed by atoms with van der Waals surface area (Å²) < 4.78 is 36.7. The zero-order valence-corrected chi connectivity index (χ0v) is 11.6. The number of amides is 1. The number of carbonyl (C=O) groups excluding carboxylic acids is 2. The molecule has 1 aromatic heterocycles. The molecule has 7 heteroatoms. The van der Waals surface area contributed by atoms with Gasteiger partial charge in [0.25, 0.3) is 5.91 Å². The zero-order valence-electron chi connectivity index (χ0n) is 11.6. The number of hydrogen-bond acceptors (Lipinski definition) is 4. The Labute approximate surface area is 124 Å². The highest BCUT2D eigenvalue weighted by Crippen LogP contribution is 2.14. The van der Waals surface area contributed by atoms with Gasteiger partial charge in [-0.15, -0.1) is 0 Å². The zero-order chi connectivity index (χ0) is 16.1. The molecule has 0 aliphatic heterocycles. The van der Waals surface area contributed by atoms with E-state index in [-0.39, 0.29) is 6.54 Å². The second kappa shape index (κ2) is 6.84. The van der Waals surface area contributed by atoms with Crippen LogP contribution in [-0.4, -0.2) is 18.0 Å². The van der Waals surface area contributed by atoms with Gasteiger partial charge in [-0.25, -0.2) is 13.6 Å².